The van der Waals surface area contributed by atoms with Gasteiger partial charge in [-0.3, -0.25) is 9.59 Å². The zero-order valence-corrected chi connectivity index (χ0v) is 16.7. The molecule has 0 heterocycles. The molecular weight excluding hydrogens is 398 g/mol. The summed E-state index contributed by atoms with van der Waals surface area (Å²) in [7, 11) is -3.97. The molecule has 1 atom stereocenters. The van der Waals surface area contributed by atoms with Gasteiger partial charge in [-0.05, 0) is 55.0 Å². The summed E-state index contributed by atoms with van der Waals surface area (Å²) in [5.74, 6) is -1.94. The van der Waals surface area contributed by atoms with Gasteiger partial charge in [0.05, 0.1) is 10.5 Å². The van der Waals surface area contributed by atoms with Crippen molar-refractivity contribution in [3.63, 3.8) is 0 Å². The highest BCUT2D eigenvalue weighted by molar-refractivity contribution is 7.90. The summed E-state index contributed by atoms with van der Waals surface area (Å²) in [5.41, 5.74) is 6.64. The lowest BCUT2D eigenvalue weighted by Gasteiger charge is -2.16. The number of ether oxygens (including phenoxy) is 1. The maximum absolute atomic E-state index is 12.4. The third-order valence-corrected chi connectivity index (χ3v) is 5.22. The Labute approximate surface area is 168 Å². The molecule has 0 aliphatic heterocycles. The summed E-state index contributed by atoms with van der Waals surface area (Å²) in [4.78, 5) is 35.4. The molecule has 2 aromatic carbocycles. The van der Waals surface area contributed by atoms with Crippen molar-refractivity contribution >= 4 is 39.2 Å². The Kier molecular flexibility index (Phi) is 6.94. The zero-order valence-electron chi connectivity index (χ0n) is 15.8. The Morgan fingerprint density at radius 2 is 1.62 bits per heavy atom. The number of benzene rings is 2. The lowest BCUT2D eigenvalue weighted by Crippen LogP contribution is -2.32. The van der Waals surface area contributed by atoms with Crippen molar-refractivity contribution in [2.75, 3.05) is 11.1 Å². The maximum Gasteiger partial charge on any atom is 0.338 e. The quantitative estimate of drug-likeness (QED) is 0.457. The van der Waals surface area contributed by atoms with Crippen molar-refractivity contribution in [1.82, 2.24) is 4.72 Å². The molecule has 10 heteroatoms. The highest BCUT2D eigenvalue weighted by atomic mass is 32.2. The first kappa shape index (κ1) is 21.9. The van der Waals surface area contributed by atoms with Crippen molar-refractivity contribution in [3.8, 4) is 0 Å². The molecule has 0 aliphatic rings. The molecule has 1 unspecified atom stereocenters. The number of esters is 1. The van der Waals surface area contributed by atoms with Gasteiger partial charge in [0.2, 0.25) is 5.91 Å². The number of sulfonamides is 1. The first-order chi connectivity index (χ1) is 13.6. The fourth-order valence-electron chi connectivity index (χ4n) is 2.33. The number of anilines is 2. The van der Waals surface area contributed by atoms with E-state index >= 15 is 0 Å². The molecule has 29 heavy (non-hydrogen) atoms. The SMILES string of the molecule is CCC(OC(=O)c1ccc(N)cc1)C(=O)Nc1ccc(S(=O)(=O)NC(C)=O)cc1. The van der Waals surface area contributed by atoms with Crippen LogP contribution >= 0.6 is 0 Å². The molecule has 0 saturated heterocycles. The van der Waals surface area contributed by atoms with Crippen molar-refractivity contribution in [2.24, 2.45) is 0 Å². The monoisotopic (exact) mass is 419 g/mol. The van der Waals surface area contributed by atoms with Crippen LogP contribution in [0.3, 0.4) is 0 Å². The smallest absolute Gasteiger partial charge is 0.338 e. The highest BCUT2D eigenvalue weighted by Gasteiger charge is 2.22. The second-order valence-electron chi connectivity index (χ2n) is 6.10. The third-order valence-electron chi connectivity index (χ3n) is 3.77. The van der Waals surface area contributed by atoms with Gasteiger partial charge in [-0.25, -0.2) is 17.9 Å². The van der Waals surface area contributed by atoms with E-state index in [2.05, 4.69) is 5.32 Å². The second kappa shape index (κ2) is 9.20. The van der Waals surface area contributed by atoms with Crippen molar-refractivity contribution in [1.29, 1.82) is 0 Å². The molecule has 0 fully saturated rings. The van der Waals surface area contributed by atoms with Gasteiger partial charge in [0.25, 0.3) is 15.9 Å². The molecule has 0 saturated carbocycles. The molecule has 0 aromatic heterocycles. The van der Waals surface area contributed by atoms with Crippen LogP contribution in [0.25, 0.3) is 0 Å². The maximum atomic E-state index is 12.4. The van der Waals surface area contributed by atoms with Gasteiger partial charge in [0, 0.05) is 18.3 Å². The number of carbonyl (C=O) groups excluding carboxylic acids is 3. The van der Waals surface area contributed by atoms with Gasteiger partial charge >= 0.3 is 5.97 Å². The summed E-state index contributed by atoms with van der Waals surface area (Å²) in [6.07, 6.45) is -0.801. The van der Waals surface area contributed by atoms with E-state index in [1.54, 1.807) is 19.1 Å². The van der Waals surface area contributed by atoms with Crippen LogP contribution in [0, 0.1) is 0 Å². The minimum atomic E-state index is -3.97. The largest absolute Gasteiger partial charge is 0.449 e. The number of nitrogen functional groups attached to an aromatic ring is 1. The number of hydrogen-bond acceptors (Lipinski definition) is 7. The van der Waals surface area contributed by atoms with E-state index in [0.29, 0.717) is 11.4 Å². The molecule has 154 valence electrons. The number of nitrogens with two attached hydrogens (primary N) is 1. The van der Waals surface area contributed by atoms with Gasteiger partial charge < -0.3 is 15.8 Å². The summed E-state index contributed by atoms with van der Waals surface area (Å²) in [6.45, 7) is 2.77. The molecule has 0 spiro atoms. The fourth-order valence-corrected chi connectivity index (χ4v) is 3.32. The van der Waals surface area contributed by atoms with Gasteiger partial charge in [0.15, 0.2) is 6.10 Å². The normalized spacial score (nSPS) is 11.9. The number of hydrogen-bond donors (Lipinski definition) is 3. The second-order valence-corrected chi connectivity index (χ2v) is 7.78. The third kappa shape index (κ3) is 6.04. The fraction of sp³-hybridized carbons (Fsp3) is 0.211. The van der Waals surface area contributed by atoms with Crippen LogP contribution in [0.1, 0.15) is 30.6 Å². The molecule has 2 rings (SSSR count). The first-order valence-corrected chi connectivity index (χ1v) is 10.1. The van der Waals surface area contributed by atoms with Crippen LogP contribution in [-0.4, -0.2) is 32.3 Å². The molecule has 2 aromatic rings. The van der Waals surface area contributed by atoms with Gasteiger partial charge in [0.1, 0.15) is 0 Å². The summed E-state index contributed by atoms with van der Waals surface area (Å²) in [6, 6.07) is 11.3. The van der Waals surface area contributed by atoms with E-state index in [0.717, 1.165) is 6.92 Å². The molecule has 2 amide bonds. The molecular formula is C19H21N3O6S. The minimum Gasteiger partial charge on any atom is -0.449 e. The van der Waals surface area contributed by atoms with Gasteiger partial charge in [-0.1, -0.05) is 6.92 Å². The van der Waals surface area contributed by atoms with Crippen molar-refractivity contribution in [3.05, 3.63) is 54.1 Å². The summed E-state index contributed by atoms with van der Waals surface area (Å²) in [5, 5.41) is 2.56. The van der Waals surface area contributed by atoms with Crippen molar-refractivity contribution < 1.29 is 27.5 Å². The van der Waals surface area contributed by atoms with E-state index < -0.39 is 33.9 Å². The Bertz CT molecular complexity index is 1000. The van der Waals surface area contributed by atoms with Crippen LogP contribution < -0.4 is 15.8 Å². The van der Waals surface area contributed by atoms with E-state index in [1.807, 2.05) is 4.72 Å². The predicted molar refractivity (Wildman–Crippen MR) is 106 cm³/mol. The molecule has 4 N–H and O–H groups in total. The zero-order chi connectivity index (χ0) is 21.6. The lowest BCUT2D eigenvalue weighted by atomic mass is 10.2. The average Bonchev–Trinajstić information content (AvgIpc) is 2.65. The van der Waals surface area contributed by atoms with Crippen LogP contribution in [-0.2, 0) is 24.3 Å². The Hall–Kier alpha value is -3.40. The number of carbonyl (C=O) groups is 3. The van der Waals surface area contributed by atoms with Crippen molar-refractivity contribution in [2.45, 2.75) is 31.3 Å². The van der Waals surface area contributed by atoms with Crippen LogP contribution in [0.2, 0.25) is 0 Å². The number of rotatable bonds is 7. The lowest BCUT2D eigenvalue weighted by molar-refractivity contribution is -0.124. The molecule has 9 nitrogen and oxygen atoms in total. The van der Waals surface area contributed by atoms with Crippen LogP contribution in [0.15, 0.2) is 53.4 Å². The van der Waals surface area contributed by atoms with Gasteiger partial charge in [-0.2, -0.15) is 0 Å². The molecule has 0 bridgehead atoms. The Morgan fingerprint density at radius 1 is 1.03 bits per heavy atom. The van der Waals surface area contributed by atoms with Crippen LogP contribution in [0.5, 0.6) is 0 Å². The number of amides is 2. The van der Waals surface area contributed by atoms with Crippen LogP contribution in [0.4, 0.5) is 11.4 Å². The summed E-state index contributed by atoms with van der Waals surface area (Å²) < 4.78 is 30.9. The summed E-state index contributed by atoms with van der Waals surface area (Å²) >= 11 is 0. The average molecular weight is 419 g/mol. The Morgan fingerprint density at radius 3 is 2.14 bits per heavy atom. The van der Waals surface area contributed by atoms with E-state index in [4.69, 9.17) is 10.5 Å². The first-order valence-electron chi connectivity index (χ1n) is 8.63. The molecule has 0 aliphatic carbocycles. The standard InChI is InChI=1S/C19H21N3O6S/c1-3-17(28-19(25)13-4-6-14(20)7-5-13)18(24)21-15-8-10-16(11-9-15)29(26,27)22-12(2)23/h4-11,17H,3,20H2,1-2H3,(H,21,24)(H,22,23). The minimum absolute atomic E-state index is 0.132. The Balaban J connectivity index is 2.04. The number of nitrogens with one attached hydrogen (secondary N) is 2. The highest BCUT2D eigenvalue weighted by Crippen LogP contribution is 2.16. The molecule has 0 radical (unpaired) electrons. The van der Waals surface area contributed by atoms with E-state index in [-0.39, 0.29) is 16.9 Å². The van der Waals surface area contributed by atoms with Gasteiger partial charge in [-0.15, -0.1) is 0 Å². The van der Waals surface area contributed by atoms with E-state index in [1.165, 1.54) is 36.4 Å². The predicted octanol–water partition coefficient (Wildman–Crippen LogP) is 1.67. The van der Waals surface area contributed by atoms with E-state index in [9.17, 15) is 22.8 Å². The topological polar surface area (TPSA) is 145 Å².